The molecule has 0 radical (unpaired) electrons. The Labute approximate surface area is 86.7 Å². The SMILES string of the molecule is COC(=O)C1=C2C=CN(C)C2C(=O)N=C1. The summed E-state index contributed by atoms with van der Waals surface area (Å²) >= 11 is 0. The molecule has 0 bridgehead atoms. The lowest BCUT2D eigenvalue weighted by atomic mass is 10.00. The molecule has 5 heteroatoms. The van der Waals surface area contributed by atoms with Crippen molar-refractivity contribution in [2.45, 2.75) is 6.04 Å². The van der Waals surface area contributed by atoms with Gasteiger partial charge in [0.2, 0.25) is 0 Å². The first-order chi connectivity index (χ1) is 7.15. The highest BCUT2D eigenvalue weighted by Crippen LogP contribution is 2.26. The van der Waals surface area contributed by atoms with E-state index in [1.165, 1.54) is 13.3 Å². The highest BCUT2D eigenvalue weighted by atomic mass is 16.5. The van der Waals surface area contributed by atoms with Crippen molar-refractivity contribution in [3.8, 4) is 0 Å². The van der Waals surface area contributed by atoms with E-state index in [4.69, 9.17) is 0 Å². The number of rotatable bonds is 1. The number of dihydropyridines is 1. The Bertz CT molecular complexity index is 420. The van der Waals surface area contributed by atoms with Crippen molar-refractivity contribution in [3.63, 3.8) is 0 Å². The summed E-state index contributed by atoms with van der Waals surface area (Å²) in [5.41, 5.74) is 1.01. The van der Waals surface area contributed by atoms with Crippen LogP contribution >= 0.6 is 0 Å². The topological polar surface area (TPSA) is 59.0 Å². The maximum Gasteiger partial charge on any atom is 0.339 e. The molecule has 0 saturated carbocycles. The number of carbonyl (C=O) groups excluding carboxylic acids is 2. The molecule has 2 rings (SSSR count). The van der Waals surface area contributed by atoms with Crippen LogP contribution in [0.1, 0.15) is 0 Å². The molecule has 78 valence electrons. The highest BCUT2D eigenvalue weighted by Gasteiger charge is 2.34. The fourth-order valence-corrected chi connectivity index (χ4v) is 1.69. The molecule has 0 aromatic heterocycles. The maximum atomic E-state index is 11.5. The Hall–Kier alpha value is -1.91. The Kier molecular flexibility index (Phi) is 2.15. The second-order valence-electron chi connectivity index (χ2n) is 3.34. The van der Waals surface area contributed by atoms with Gasteiger partial charge in [0.25, 0.3) is 5.91 Å². The van der Waals surface area contributed by atoms with Crippen LogP contribution in [0.5, 0.6) is 0 Å². The molecule has 2 heterocycles. The number of amides is 1. The maximum absolute atomic E-state index is 11.5. The third kappa shape index (κ3) is 1.36. The van der Waals surface area contributed by atoms with E-state index < -0.39 is 12.0 Å². The van der Waals surface area contributed by atoms with Crippen LogP contribution in [0.3, 0.4) is 0 Å². The summed E-state index contributed by atoms with van der Waals surface area (Å²) in [7, 11) is 3.07. The van der Waals surface area contributed by atoms with Gasteiger partial charge in [-0.25, -0.2) is 9.79 Å². The van der Waals surface area contributed by atoms with E-state index in [9.17, 15) is 9.59 Å². The average molecular weight is 206 g/mol. The molecule has 0 aromatic rings. The summed E-state index contributed by atoms with van der Waals surface area (Å²) in [5.74, 6) is -0.726. The molecule has 15 heavy (non-hydrogen) atoms. The van der Waals surface area contributed by atoms with Gasteiger partial charge in [0.15, 0.2) is 0 Å². The normalized spacial score (nSPS) is 23.5. The number of methoxy groups -OCH3 is 1. The van der Waals surface area contributed by atoms with Crippen molar-refractivity contribution in [2.75, 3.05) is 14.2 Å². The van der Waals surface area contributed by atoms with Gasteiger partial charge in [-0.2, -0.15) is 0 Å². The van der Waals surface area contributed by atoms with Crippen molar-refractivity contribution < 1.29 is 14.3 Å². The van der Waals surface area contributed by atoms with E-state index in [1.807, 2.05) is 0 Å². The fourth-order valence-electron chi connectivity index (χ4n) is 1.69. The molecule has 0 aliphatic carbocycles. The lowest BCUT2D eigenvalue weighted by molar-refractivity contribution is -0.135. The van der Waals surface area contributed by atoms with Crippen LogP contribution < -0.4 is 0 Å². The average Bonchev–Trinajstić information content (AvgIpc) is 2.61. The summed E-state index contributed by atoms with van der Waals surface area (Å²) in [6.07, 6.45) is 4.75. The van der Waals surface area contributed by atoms with Crippen LogP contribution in [0.4, 0.5) is 0 Å². The first-order valence-corrected chi connectivity index (χ1v) is 4.45. The number of carbonyl (C=O) groups is 2. The molecule has 5 nitrogen and oxygen atoms in total. The summed E-state index contributed by atoms with van der Waals surface area (Å²) in [6, 6.07) is -0.468. The zero-order valence-corrected chi connectivity index (χ0v) is 8.43. The molecule has 1 unspecified atom stereocenters. The quantitative estimate of drug-likeness (QED) is 0.562. The van der Waals surface area contributed by atoms with E-state index in [0.717, 1.165) is 0 Å². The van der Waals surface area contributed by atoms with Crippen molar-refractivity contribution in [1.82, 2.24) is 4.90 Å². The smallest absolute Gasteiger partial charge is 0.339 e. The zero-order valence-electron chi connectivity index (χ0n) is 8.43. The van der Waals surface area contributed by atoms with Gasteiger partial charge in [-0.3, -0.25) is 4.79 Å². The first kappa shape index (κ1) is 9.64. The fraction of sp³-hybridized carbons (Fsp3) is 0.300. The standard InChI is InChI=1S/C10H10N2O3/c1-12-4-3-6-7(10(14)15-2)5-11-9(13)8(6)12/h3-5,8H,1-2H3. The van der Waals surface area contributed by atoms with Gasteiger partial charge in [0.1, 0.15) is 6.04 Å². The van der Waals surface area contributed by atoms with Gasteiger partial charge in [-0.1, -0.05) is 0 Å². The lowest BCUT2D eigenvalue weighted by Crippen LogP contribution is -2.35. The van der Waals surface area contributed by atoms with E-state index in [-0.39, 0.29) is 5.91 Å². The van der Waals surface area contributed by atoms with Crippen LogP contribution in [-0.4, -0.2) is 43.2 Å². The third-order valence-corrected chi connectivity index (χ3v) is 2.46. The summed E-state index contributed by atoms with van der Waals surface area (Å²) in [5, 5.41) is 0. The number of aliphatic imine (C=N–C) groups is 1. The van der Waals surface area contributed by atoms with Gasteiger partial charge in [-0.15, -0.1) is 0 Å². The van der Waals surface area contributed by atoms with E-state index in [1.54, 1.807) is 24.2 Å². The lowest BCUT2D eigenvalue weighted by Gasteiger charge is -2.22. The number of hydrogen-bond acceptors (Lipinski definition) is 4. The zero-order chi connectivity index (χ0) is 11.0. The molecule has 0 saturated heterocycles. The molecule has 2 aliphatic rings. The third-order valence-electron chi connectivity index (χ3n) is 2.46. The molecule has 0 N–H and O–H groups in total. The molecule has 0 aromatic carbocycles. The number of esters is 1. The second kappa shape index (κ2) is 3.34. The van der Waals surface area contributed by atoms with Crippen LogP contribution in [0.25, 0.3) is 0 Å². The Balaban J connectivity index is 2.47. The van der Waals surface area contributed by atoms with E-state index in [0.29, 0.717) is 11.1 Å². The number of likely N-dealkylation sites (N-methyl/N-ethyl adjacent to an activating group) is 1. The molecule has 1 amide bonds. The summed E-state index contributed by atoms with van der Waals surface area (Å²) < 4.78 is 4.62. The first-order valence-electron chi connectivity index (χ1n) is 4.45. The molecule has 2 aliphatic heterocycles. The summed E-state index contributed by atoms with van der Waals surface area (Å²) in [6.45, 7) is 0. The Morgan fingerprint density at radius 2 is 2.33 bits per heavy atom. The Morgan fingerprint density at radius 3 is 3.00 bits per heavy atom. The van der Waals surface area contributed by atoms with Crippen LogP contribution in [0.15, 0.2) is 28.4 Å². The number of hydrogen-bond donors (Lipinski definition) is 0. The minimum Gasteiger partial charge on any atom is -0.465 e. The van der Waals surface area contributed by atoms with Gasteiger partial charge in [-0.05, 0) is 6.08 Å². The monoisotopic (exact) mass is 206 g/mol. The van der Waals surface area contributed by atoms with Gasteiger partial charge < -0.3 is 9.64 Å². The van der Waals surface area contributed by atoms with E-state index in [2.05, 4.69) is 9.73 Å². The number of ether oxygens (including phenoxy) is 1. The van der Waals surface area contributed by atoms with Crippen LogP contribution in [-0.2, 0) is 14.3 Å². The molecule has 0 spiro atoms. The van der Waals surface area contributed by atoms with Crippen molar-refractivity contribution in [1.29, 1.82) is 0 Å². The minimum absolute atomic E-state index is 0.259. The molecular formula is C10H10N2O3. The Morgan fingerprint density at radius 1 is 1.60 bits per heavy atom. The van der Waals surface area contributed by atoms with Crippen molar-refractivity contribution >= 4 is 18.1 Å². The minimum atomic E-state index is -0.468. The second-order valence-corrected chi connectivity index (χ2v) is 3.34. The van der Waals surface area contributed by atoms with Gasteiger partial charge in [0, 0.05) is 25.0 Å². The predicted octanol–water partition coefficient (Wildman–Crippen LogP) is -0.105. The highest BCUT2D eigenvalue weighted by molar-refractivity contribution is 6.16. The largest absolute Gasteiger partial charge is 0.465 e. The van der Waals surface area contributed by atoms with Gasteiger partial charge >= 0.3 is 5.97 Å². The summed E-state index contributed by atoms with van der Waals surface area (Å²) in [4.78, 5) is 28.3. The van der Waals surface area contributed by atoms with Gasteiger partial charge in [0.05, 0.1) is 12.7 Å². The van der Waals surface area contributed by atoms with Crippen LogP contribution in [0, 0.1) is 0 Å². The number of nitrogens with zero attached hydrogens (tertiary/aromatic N) is 2. The van der Waals surface area contributed by atoms with E-state index >= 15 is 0 Å². The van der Waals surface area contributed by atoms with Crippen molar-refractivity contribution in [3.05, 3.63) is 23.4 Å². The molecular weight excluding hydrogens is 196 g/mol. The number of fused-ring (bicyclic) bond motifs is 1. The molecule has 0 fully saturated rings. The molecule has 1 atom stereocenters. The van der Waals surface area contributed by atoms with Crippen LogP contribution in [0.2, 0.25) is 0 Å². The van der Waals surface area contributed by atoms with Crippen molar-refractivity contribution in [2.24, 2.45) is 4.99 Å². The predicted molar refractivity (Wildman–Crippen MR) is 53.2 cm³/mol.